The van der Waals surface area contributed by atoms with Gasteiger partial charge in [0, 0.05) is 5.69 Å². The zero-order valence-electron chi connectivity index (χ0n) is 11.7. The molecule has 1 heterocycles. The largest absolute Gasteiger partial charge is 0.399 e. The monoisotopic (exact) mass is 296 g/mol. The van der Waals surface area contributed by atoms with Crippen molar-refractivity contribution in [3.05, 3.63) is 29.8 Å². The van der Waals surface area contributed by atoms with Gasteiger partial charge in [0.25, 0.3) is 0 Å². The summed E-state index contributed by atoms with van der Waals surface area (Å²) in [4.78, 5) is 12.3. The Bertz CT molecular complexity index is 627. The molecule has 1 saturated heterocycles. The molecule has 2 rings (SSSR count). The summed E-state index contributed by atoms with van der Waals surface area (Å²) in [6.45, 7) is 3.57. The summed E-state index contributed by atoms with van der Waals surface area (Å²) in [5.41, 5.74) is 6.48. The lowest BCUT2D eigenvalue weighted by Crippen LogP contribution is -2.48. The second-order valence-electron chi connectivity index (χ2n) is 5.78. The number of amides is 1. The normalized spacial score (nSPS) is 26.1. The topological polar surface area (TPSA) is 89.3 Å². The summed E-state index contributed by atoms with van der Waals surface area (Å²) in [6.07, 6.45) is 0.463. The number of hydrogen-bond donors (Lipinski definition) is 2. The molecule has 1 amide bonds. The fourth-order valence-electron chi connectivity index (χ4n) is 2.49. The van der Waals surface area contributed by atoms with Crippen molar-refractivity contribution < 1.29 is 13.2 Å². The Labute approximate surface area is 119 Å². The number of benzene rings is 1. The Morgan fingerprint density at radius 3 is 2.70 bits per heavy atom. The highest BCUT2D eigenvalue weighted by atomic mass is 32.2. The Morgan fingerprint density at radius 2 is 2.15 bits per heavy atom. The molecule has 0 radical (unpaired) electrons. The molecule has 2 atom stereocenters. The number of sulfone groups is 1. The average molecular weight is 296 g/mol. The molecular formula is C14H20N2O3S. The zero-order chi connectivity index (χ0) is 15.0. The highest BCUT2D eigenvalue weighted by molar-refractivity contribution is 7.91. The minimum Gasteiger partial charge on any atom is -0.399 e. The van der Waals surface area contributed by atoms with E-state index in [1.807, 2.05) is 6.07 Å². The van der Waals surface area contributed by atoms with Crippen molar-refractivity contribution in [2.75, 3.05) is 17.2 Å². The van der Waals surface area contributed by atoms with Crippen LogP contribution < -0.4 is 11.1 Å². The zero-order valence-corrected chi connectivity index (χ0v) is 12.5. The van der Waals surface area contributed by atoms with Gasteiger partial charge in [0.1, 0.15) is 0 Å². The van der Waals surface area contributed by atoms with Crippen molar-refractivity contribution in [1.82, 2.24) is 5.32 Å². The van der Waals surface area contributed by atoms with E-state index < -0.39 is 15.4 Å². The van der Waals surface area contributed by atoms with Crippen LogP contribution in [0.3, 0.4) is 0 Å². The third-order valence-corrected chi connectivity index (χ3v) is 5.64. The molecule has 20 heavy (non-hydrogen) atoms. The number of anilines is 1. The predicted octanol–water partition coefficient (Wildman–Crippen LogP) is 1.07. The number of carbonyl (C=O) groups is 1. The maximum absolute atomic E-state index is 12.3. The molecule has 110 valence electrons. The van der Waals surface area contributed by atoms with Gasteiger partial charge in [0.2, 0.25) is 5.91 Å². The maximum Gasteiger partial charge on any atom is 0.227 e. The van der Waals surface area contributed by atoms with Crippen LogP contribution in [0.2, 0.25) is 0 Å². The van der Waals surface area contributed by atoms with Crippen LogP contribution in [0.4, 0.5) is 5.69 Å². The summed E-state index contributed by atoms with van der Waals surface area (Å²) < 4.78 is 23.1. The van der Waals surface area contributed by atoms with Crippen molar-refractivity contribution in [1.29, 1.82) is 0 Å². The predicted molar refractivity (Wildman–Crippen MR) is 79.1 cm³/mol. The van der Waals surface area contributed by atoms with Crippen LogP contribution in [0.1, 0.15) is 31.7 Å². The first-order valence-electron chi connectivity index (χ1n) is 6.59. The number of nitrogens with one attached hydrogen (secondary N) is 1. The van der Waals surface area contributed by atoms with Gasteiger partial charge in [-0.1, -0.05) is 12.1 Å². The molecule has 1 aromatic carbocycles. The van der Waals surface area contributed by atoms with E-state index in [4.69, 9.17) is 5.73 Å². The minimum absolute atomic E-state index is 0.00931. The molecule has 1 fully saturated rings. The Balaban J connectivity index is 2.09. The van der Waals surface area contributed by atoms with Crippen molar-refractivity contribution >= 4 is 21.4 Å². The standard InChI is InChI=1S/C14H20N2O3S/c1-10(11-4-3-5-12(15)8-11)13(17)16-14(2)6-7-20(18,19)9-14/h3-5,8,10H,6-7,9,15H2,1-2H3,(H,16,17). The third kappa shape index (κ3) is 3.30. The van der Waals surface area contributed by atoms with Crippen molar-refractivity contribution in [3.63, 3.8) is 0 Å². The van der Waals surface area contributed by atoms with E-state index in [2.05, 4.69) is 5.32 Å². The van der Waals surface area contributed by atoms with Crippen LogP contribution in [0.25, 0.3) is 0 Å². The van der Waals surface area contributed by atoms with Crippen LogP contribution in [0.15, 0.2) is 24.3 Å². The van der Waals surface area contributed by atoms with E-state index >= 15 is 0 Å². The van der Waals surface area contributed by atoms with Gasteiger partial charge in [-0.25, -0.2) is 8.42 Å². The van der Waals surface area contributed by atoms with Gasteiger partial charge in [-0.2, -0.15) is 0 Å². The lowest BCUT2D eigenvalue weighted by Gasteiger charge is -2.26. The van der Waals surface area contributed by atoms with Crippen molar-refractivity contribution in [2.24, 2.45) is 0 Å². The van der Waals surface area contributed by atoms with Gasteiger partial charge in [-0.3, -0.25) is 4.79 Å². The van der Waals surface area contributed by atoms with E-state index in [9.17, 15) is 13.2 Å². The molecule has 0 saturated carbocycles. The van der Waals surface area contributed by atoms with Gasteiger partial charge >= 0.3 is 0 Å². The third-order valence-electron chi connectivity index (χ3n) is 3.73. The lowest BCUT2D eigenvalue weighted by molar-refractivity contribution is -0.123. The fraction of sp³-hybridized carbons (Fsp3) is 0.500. The Hall–Kier alpha value is -1.56. The summed E-state index contributed by atoms with van der Waals surface area (Å²) in [5.74, 6) is -0.389. The average Bonchev–Trinajstić information content (AvgIpc) is 2.62. The molecule has 1 aliphatic rings. The van der Waals surface area contributed by atoms with E-state index in [-0.39, 0.29) is 23.3 Å². The van der Waals surface area contributed by atoms with Crippen molar-refractivity contribution in [2.45, 2.75) is 31.7 Å². The molecule has 1 aromatic rings. The minimum atomic E-state index is -3.03. The van der Waals surface area contributed by atoms with Gasteiger partial charge in [-0.15, -0.1) is 0 Å². The summed E-state index contributed by atoms with van der Waals surface area (Å²) in [6, 6.07) is 7.17. The molecule has 0 aliphatic carbocycles. The van der Waals surface area contributed by atoms with Crippen LogP contribution in [0.5, 0.6) is 0 Å². The molecule has 3 N–H and O–H groups in total. The lowest BCUT2D eigenvalue weighted by atomic mass is 9.96. The maximum atomic E-state index is 12.3. The number of nitrogens with two attached hydrogens (primary N) is 1. The van der Waals surface area contributed by atoms with Crippen molar-refractivity contribution in [3.8, 4) is 0 Å². The molecule has 6 heteroatoms. The first-order chi connectivity index (χ1) is 9.21. The van der Waals surface area contributed by atoms with E-state index in [0.717, 1.165) is 5.56 Å². The molecule has 0 aromatic heterocycles. The van der Waals surface area contributed by atoms with E-state index in [1.54, 1.807) is 32.0 Å². The number of nitrogen functional groups attached to an aromatic ring is 1. The summed E-state index contributed by atoms with van der Waals surface area (Å²) in [5, 5.41) is 2.87. The second-order valence-corrected chi connectivity index (χ2v) is 7.97. The van der Waals surface area contributed by atoms with Gasteiger partial charge in [-0.05, 0) is 38.0 Å². The first-order valence-corrected chi connectivity index (χ1v) is 8.41. The fourth-order valence-corrected chi connectivity index (χ4v) is 4.59. The quantitative estimate of drug-likeness (QED) is 0.816. The molecule has 2 unspecified atom stereocenters. The smallest absolute Gasteiger partial charge is 0.227 e. The second kappa shape index (κ2) is 5.09. The molecule has 0 bridgehead atoms. The molecule has 0 spiro atoms. The summed E-state index contributed by atoms with van der Waals surface area (Å²) >= 11 is 0. The SMILES string of the molecule is CC(C(=O)NC1(C)CCS(=O)(=O)C1)c1cccc(N)c1. The van der Waals surface area contributed by atoms with Crippen LogP contribution in [0, 0.1) is 0 Å². The molecular weight excluding hydrogens is 276 g/mol. The van der Waals surface area contributed by atoms with E-state index in [0.29, 0.717) is 12.1 Å². The number of hydrogen-bond acceptors (Lipinski definition) is 4. The molecule has 5 nitrogen and oxygen atoms in total. The van der Waals surface area contributed by atoms with Gasteiger partial charge in [0.05, 0.1) is 23.0 Å². The van der Waals surface area contributed by atoms with Gasteiger partial charge < -0.3 is 11.1 Å². The highest BCUT2D eigenvalue weighted by Gasteiger charge is 2.40. The molecule has 1 aliphatic heterocycles. The first kappa shape index (κ1) is 14.8. The van der Waals surface area contributed by atoms with Gasteiger partial charge in [0.15, 0.2) is 9.84 Å². The van der Waals surface area contributed by atoms with E-state index in [1.165, 1.54) is 0 Å². The number of rotatable bonds is 3. The Morgan fingerprint density at radius 1 is 1.45 bits per heavy atom. The Kier molecular flexibility index (Phi) is 3.77. The summed E-state index contributed by atoms with van der Waals surface area (Å²) in [7, 11) is -3.03. The highest BCUT2D eigenvalue weighted by Crippen LogP contribution is 2.25. The number of carbonyl (C=O) groups excluding carboxylic acids is 1. The van der Waals surface area contributed by atoms with Crippen LogP contribution >= 0.6 is 0 Å². The van der Waals surface area contributed by atoms with Crippen LogP contribution in [-0.2, 0) is 14.6 Å². The van der Waals surface area contributed by atoms with Crippen LogP contribution in [-0.4, -0.2) is 31.4 Å².